The average molecular weight is 481 g/mol. The van der Waals surface area contributed by atoms with Crippen molar-refractivity contribution in [3.05, 3.63) is 59.7 Å². The average Bonchev–Trinajstić information content (AvgIpc) is 3.43. The Morgan fingerprint density at radius 1 is 1.06 bits per heavy atom. The van der Waals surface area contributed by atoms with E-state index in [1.807, 2.05) is 38.1 Å². The first-order valence-electron chi connectivity index (χ1n) is 12.1. The number of amides is 2. The summed E-state index contributed by atoms with van der Waals surface area (Å²) < 4.78 is 11.1. The van der Waals surface area contributed by atoms with Crippen LogP contribution in [0.4, 0.5) is 4.79 Å². The summed E-state index contributed by atoms with van der Waals surface area (Å²) in [7, 11) is 0. The molecule has 0 aromatic heterocycles. The third-order valence-corrected chi connectivity index (χ3v) is 6.65. The van der Waals surface area contributed by atoms with Crippen molar-refractivity contribution < 1.29 is 29.0 Å². The number of ether oxygens (including phenoxy) is 2. The van der Waals surface area contributed by atoms with Gasteiger partial charge in [0.15, 0.2) is 0 Å². The molecule has 2 aromatic carbocycles. The molecule has 3 N–H and O–H groups in total. The molecule has 2 aliphatic rings. The minimum atomic E-state index is -1.07. The number of carboxylic acids is 1. The molecule has 2 amide bonds. The second-order valence-corrected chi connectivity index (χ2v) is 9.58. The van der Waals surface area contributed by atoms with E-state index in [-0.39, 0.29) is 30.9 Å². The zero-order valence-electron chi connectivity index (χ0n) is 20.0. The Morgan fingerprint density at radius 2 is 1.69 bits per heavy atom. The lowest BCUT2D eigenvalue weighted by atomic mass is 9.98. The number of nitrogens with one attached hydrogen (secondary N) is 2. The summed E-state index contributed by atoms with van der Waals surface area (Å²) in [5.41, 5.74) is 4.59. The van der Waals surface area contributed by atoms with Crippen LogP contribution in [-0.4, -0.2) is 55.0 Å². The number of aliphatic carboxylic acids is 1. The normalized spacial score (nSPS) is 19.6. The van der Waals surface area contributed by atoms with Gasteiger partial charge in [0, 0.05) is 25.0 Å². The Labute approximate surface area is 205 Å². The molecule has 186 valence electrons. The molecule has 3 atom stereocenters. The van der Waals surface area contributed by atoms with E-state index in [1.165, 1.54) is 0 Å². The number of hydrogen-bond donors (Lipinski definition) is 3. The highest BCUT2D eigenvalue weighted by molar-refractivity contribution is 5.86. The Balaban J connectivity index is 1.30. The Bertz CT molecular complexity index is 1040. The minimum absolute atomic E-state index is 0.0320. The van der Waals surface area contributed by atoms with Gasteiger partial charge < -0.3 is 25.2 Å². The molecule has 0 radical (unpaired) electrons. The van der Waals surface area contributed by atoms with Crippen LogP contribution < -0.4 is 10.6 Å². The van der Waals surface area contributed by atoms with Crippen LogP contribution in [-0.2, 0) is 19.1 Å². The molecule has 35 heavy (non-hydrogen) atoms. The Morgan fingerprint density at radius 3 is 2.29 bits per heavy atom. The van der Waals surface area contributed by atoms with Crippen molar-refractivity contribution in [1.82, 2.24) is 10.6 Å². The van der Waals surface area contributed by atoms with Crippen LogP contribution in [0.5, 0.6) is 0 Å². The second-order valence-electron chi connectivity index (χ2n) is 9.58. The van der Waals surface area contributed by atoms with Gasteiger partial charge in [-0.3, -0.25) is 4.79 Å². The molecule has 0 spiro atoms. The number of hydrogen-bond acceptors (Lipinski definition) is 5. The molecule has 1 unspecified atom stereocenters. The van der Waals surface area contributed by atoms with Gasteiger partial charge in [0.2, 0.25) is 5.91 Å². The van der Waals surface area contributed by atoms with Gasteiger partial charge in [-0.2, -0.15) is 0 Å². The van der Waals surface area contributed by atoms with Crippen LogP contribution in [0.1, 0.15) is 43.7 Å². The molecule has 1 aliphatic carbocycles. The maximum absolute atomic E-state index is 12.7. The maximum Gasteiger partial charge on any atom is 0.407 e. The fourth-order valence-corrected chi connectivity index (χ4v) is 4.94. The zero-order chi connectivity index (χ0) is 24.9. The van der Waals surface area contributed by atoms with Crippen molar-refractivity contribution in [3.8, 4) is 11.1 Å². The van der Waals surface area contributed by atoms with Crippen LogP contribution in [0.2, 0.25) is 0 Å². The van der Waals surface area contributed by atoms with Gasteiger partial charge in [-0.15, -0.1) is 0 Å². The molecule has 8 nitrogen and oxygen atoms in total. The Kier molecular flexibility index (Phi) is 7.70. The predicted molar refractivity (Wildman–Crippen MR) is 130 cm³/mol. The first kappa shape index (κ1) is 24.7. The number of benzene rings is 2. The molecule has 1 aliphatic heterocycles. The quantitative estimate of drug-likeness (QED) is 0.506. The van der Waals surface area contributed by atoms with Gasteiger partial charge in [0.25, 0.3) is 0 Å². The highest BCUT2D eigenvalue weighted by Crippen LogP contribution is 2.44. The van der Waals surface area contributed by atoms with E-state index in [0.29, 0.717) is 19.4 Å². The van der Waals surface area contributed by atoms with Crippen LogP contribution >= 0.6 is 0 Å². The first-order valence-corrected chi connectivity index (χ1v) is 12.1. The summed E-state index contributed by atoms with van der Waals surface area (Å²) in [6.45, 7) is 4.58. The minimum Gasteiger partial charge on any atom is -0.480 e. The number of carbonyl (C=O) groups excluding carboxylic acids is 2. The summed E-state index contributed by atoms with van der Waals surface area (Å²) in [6.07, 6.45) is -0.445. The summed E-state index contributed by atoms with van der Waals surface area (Å²) in [4.78, 5) is 36.7. The lowest BCUT2D eigenvalue weighted by Crippen LogP contribution is -2.49. The van der Waals surface area contributed by atoms with E-state index in [1.54, 1.807) is 0 Å². The van der Waals surface area contributed by atoms with Gasteiger partial charge in [-0.05, 0) is 41.0 Å². The van der Waals surface area contributed by atoms with E-state index >= 15 is 0 Å². The van der Waals surface area contributed by atoms with Gasteiger partial charge in [-0.1, -0.05) is 62.4 Å². The molecule has 2 aromatic rings. The third-order valence-electron chi connectivity index (χ3n) is 6.65. The molecule has 1 heterocycles. The van der Waals surface area contributed by atoms with Gasteiger partial charge >= 0.3 is 12.1 Å². The van der Waals surface area contributed by atoms with Crippen molar-refractivity contribution in [2.75, 3.05) is 19.8 Å². The fraction of sp³-hybridized carbons (Fsp3) is 0.444. The van der Waals surface area contributed by atoms with Gasteiger partial charge in [0.05, 0.1) is 0 Å². The van der Waals surface area contributed by atoms with Crippen LogP contribution in [0.25, 0.3) is 11.1 Å². The molecular weight excluding hydrogens is 448 g/mol. The standard InChI is InChI=1S/C27H32N2O6/c1-16(2)13-23(26(31)32)29-25(30)24-17(11-12-34-24)14-28-27(33)35-15-22-20-9-5-3-7-18(20)19-8-4-6-10-21(19)22/h3-10,16-17,22-24H,11-15H2,1-2H3,(H,28,33)(H,29,30)(H,31,32)/t17-,23?,24-/m1/s1. The molecular formula is C27H32N2O6. The maximum atomic E-state index is 12.7. The second kappa shape index (κ2) is 10.9. The third kappa shape index (κ3) is 5.65. The monoisotopic (exact) mass is 480 g/mol. The van der Waals surface area contributed by atoms with E-state index in [2.05, 4.69) is 34.9 Å². The number of rotatable bonds is 9. The van der Waals surface area contributed by atoms with Gasteiger partial charge in [0.1, 0.15) is 18.8 Å². The van der Waals surface area contributed by atoms with E-state index < -0.39 is 30.1 Å². The molecule has 0 bridgehead atoms. The largest absolute Gasteiger partial charge is 0.480 e. The van der Waals surface area contributed by atoms with E-state index in [4.69, 9.17) is 9.47 Å². The SMILES string of the molecule is CC(C)CC(NC(=O)[C@@H]1OCC[C@@H]1CNC(=O)OCC1c2ccccc2-c2ccccc21)C(=O)O. The molecule has 8 heteroatoms. The number of alkyl carbamates (subject to hydrolysis) is 1. The van der Waals surface area contributed by atoms with Crippen molar-refractivity contribution in [1.29, 1.82) is 0 Å². The van der Waals surface area contributed by atoms with Crippen LogP contribution in [0.3, 0.4) is 0 Å². The molecule has 4 rings (SSSR count). The molecule has 1 fully saturated rings. The number of fused-ring (bicyclic) bond motifs is 3. The van der Waals surface area contributed by atoms with Crippen molar-refractivity contribution in [3.63, 3.8) is 0 Å². The van der Waals surface area contributed by atoms with Crippen LogP contribution in [0, 0.1) is 11.8 Å². The van der Waals surface area contributed by atoms with Crippen molar-refractivity contribution in [2.45, 2.75) is 44.8 Å². The smallest absolute Gasteiger partial charge is 0.407 e. The van der Waals surface area contributed by atoms with Crippen molar-refractivity contribution >= 4 is 18.0 Å². The van der Waals surface area contributed by atoms with Gasteiger partial charge in [-0.25, -0.2) is 9.59 Å². The summed E-state index contributed by atoms with van der Waals surface area (Å²) in [6, 6.07) is 15.3. The highest BCUT2D eigenvalue weighted by Gasteiger charge is 2.36. The van der Waals surface area contributed by atoms with E-state index in [0.717, 1.165) is 22.3 Å². The van der Waals surface area contributed by atoms with E-state index in [9.17, 15) is 19.5 Å². The fourth-order valence-electron chi connectivity index (χ4n) is 4.94. The molecule has 0 saturated carbocycles. The Hall–Kier alpha value is -3.39. The summed E-state index contributed by atoms with van der Waals surface area (Å²) in [5, 5.41) is 14.7. The topological polar surface area (TPSA) is 114 Å². The first-order chi connectivity index (χ1) is 16.8. The number of carboxylic acid groups (broad SMARTS) is 1. The highest BCUT2D eigenvalue weighted by atomic mass is 16.5. The summed E-state index contributed by atoms with van der Waals surface area (Å²) in [5.74, 6) is -1.71. The zero-order valence-corrected chi connectivity index (χ0v) is 20.0. The molecule has 1 saturated heterocycles. The lowest BCUT2D eigenvalue weighted by molar-refractivity contribution is -0.144. The number of carbonyl (C=O) groups is 3. The predicted octanol–water partition coefficient (Wildman–Crippen LogP) is 3.55. The van der Waals surface area contributed by atoms with Crippen molar-refractivity contribution in [2.24, 2.45) is 11.8 Å². The van der Waals surface area contributed by atoms with Crippen LogP contribution in [0.15, 0.2) is 48.5 Å². The lowest BCUT2D eigenvalue weighted by Gasteiger charge is -2.22. The summed E-state index contributed by atoms with van der Waals surface area (Å²) >= 11 is 0.